The van der Waals surface area contributed by atoms with Gasteiger partial charge >= 0.3 is 0 Å². The summed E-state index contributed by atoms with van der Waals surface area (Å²) in [7, 11) is 0. The third-order valence-corrected chi connectivity index (χ3v) is 2.74. The molecule has 0 saturated carbocycles. The number of hydrogen-bond acceptors (Lipinski definition) is 4. The van der Waals surface area contributed by atoms with Crippen molar-refractivity contribution in [3.8, 4) is 0 Å². The molecule has 0 aliphatic heterocycles. The fourth-order valence-electron chi connectivity index (χ4n) is 1.71. The summed E-state index contributed by atoms with van der Waals surface area (Å²) in [5.41, 5.74) is -0.310. The van der Waals surface area contributed by atoms with Gasteiger partial charge in [-0.2, -0.15) is 5.10 Å². The van der Waals surface area contributed by atoms with E-state index in [2.05, 4.69) is 25.8 Å². The zero-order valence-electron chi connectivity index (χ0n) is 11.4. The molecule has 0 spiro atoms. The van der Waals surface area contributed by atoms with Crippen molar-refractivity contribution in [3.05, 3.63) is 41.5 Å². The zero-order chi connectivity index (χ0) is 15.2. The minimum absolute atomic E-state index is 0.0911. The maximum atomic E-state index is 13.8. The first-order valence-corrected chi connectivity index (χ1v) is 6.47. The van der Waals surface area contributed by atoms with Crippen LogP contribution < -0.4 is 10.6 Å². The van der Waals surface area contributed by atoms with Crippen LogP contribution in [0.2, 0.25) is 0 Å². The smallest absolute Gasteiger partial charge is 0.251 e. The fraction of sp³-hybridized carbons (Fsp3) is 0.308. The monoisotopic (exact) mass is 295 g/mol. The summed E-state index contributed by atoms with van der Waals surface area (Å²) >= 11 is 0. The number of halogens is 2. The molecule has 6 nitrogen and oxygen atoms in total. The average Bonchev–Trinajstić information content (AvgIpc) is 2.97. The van der Waals surface area contributed by atoms with Gasteiger partial charge in [0.25, 0.3) is 5.91 Å². The number of nitrogens with zero attached hydrogens (tertiary/aromatic N) is 2. The molecule has 0 atom stereocenters. The van der Waals surface area contributed by atoms with E-state index in [-0.39, 0.29) is 17.8 Å². The number of benzene rings is 1. The molecule has 0 fully saturated rings. The first-order chi connectivity index (χ1) is 10.1. The molecule has 112 valence electrons. The van der Waals surface area contributed by atoms with Crippen molar-refractivity contribution in [2.45, 2.75) is 19.9 Å². The minimum atomic E-state index is -0.798. The summed E-state index contributed by atoms with van der Waals surface area (Å²) in [6, 6.07) is 1.99. The van der Waals surface area contributed by atoms with E-state index in [9.17, 15) is 13.6 Å². The lowest BCUT2D eigenvalue weighted by molar-refractivity contribution is 0.0949. The lowest BCUT2D eigenvalue weighted by atomic mass is 10.1. The molecule has 21 heavy (non-hydrogen) atoms. The first-order valence-electron chi connectivity index (χ1n) is 6.47. The largest absolute Gasteiger partial charge is 0.380 e. The van der Waals surface area contributed by atoms with E-state index in [0.29, 0.717) is 12.4 Å². The minimum Gasteiger partial charge on any atom is -0.380 e. The van der Waals surface area contributed by atoms with Gasteiger partial charge in [0.15, 0.2) is 0 Å². The molecule has 0 aliphatic rings. The summed E-state index contributed by atoms with van der Waals surface area (Å²) < 4.78 is 27.6. The van der Waals surface area contributed by atoms with Gasteiger partial charge in [-0.25, -0.2) is 13.8 Å². The number of carbonyl (C=O) groups is 1. The topological polar surface area (TPSA) is 82.7 Å². The lowest BCUT2D eigenvalue weighted by Crippen LogP contribution is -2.24. The highest BCUT2D eigenvalue weighted by molar-refractivity contribution is 5.94. The SMILES string of the molecule is CCCNc1c(F)cc(C(=O)NCc2ncn[nH]2)cc1F. The van der Waals surface area contributed by atoms with E-state index in [1.54, 1.807) is 0 Å². The van der Waals surface area contributed by atoms with Gasteiger partial charge < -0.3 is 10.6 Å². The number of amides is 1. The van der Waals surface area contributed by atoms with Gasteiger partial charge in [0.2, 0.25) is 0 Å². The standard InChI is InChI=1S/C13H15F2N5O/c1-2-3-16-12-9(14)4-8(5-10(12)15)13(21)17-6-11-18-7-19-20-11/h4-5,7,16H,2-3,6H2,1H3,(H,17,21)(H,18,19,20). The van der Waals surface area contributed by atoms with Crippen molar-refractivity contribution in [1.29, 1.82) is 0 Å². The van der Waals surface area contributed by atoms with E-state index in [1.807, 2.05) is 6.92 Å². The van der Waals surface area contributed by atoms with Gasteiger partial charge in [-0.15, -0.1) is 0 Å². The molecule has 0 bridgehead atoms. The Morgan fingerprint density at radius 3 is 2.62 bits per heavy atom. The van der Waals surface area contributed by atoms with E-state index < -0.39 is 17.5 Å². The van der Waals surface area contributed by atoms with Crippen molar-refractivity contribution in [1.82, 2.24) is 20.5 Å². The van der Waals surface area contributed by atoms with Crippen LogP contribution in [0.15, 0.2) is 18.5 Å². The van der Waals surface area contributed by atoms with Crippen LogP contribution >= 0.6 is 0 Å². The molecule has 2 rings (SSSR count). The number of aromatic amines is 1. The molecule has 2 aromatic rings. The quantitative estimate of drug-likeness (QED) is 0.759. The number of hydrogen-bond donors (Lipinski definition) is 3. The molecule has 0 unspecified atom stereocenters. The maximum absolute atomic E-state index is 13.8. The number of anilines is 1. The van der Waals surface area contributed by atoms with Crippen LogP contribution in [0, 0.1) is 11.6 Å². The van der Waals surface area contributed by atoms with Crippen LogP contribution in [0.4, 0.5) is 14.5 Å². The Kier molecular flexibility index (Phi) is 4.81. The predicted molar refractivity (Wildman–Crippen MR) is 72.7 cm³/mol. The van der Waals surface area contributed by atoms with Crippen LogP contribution in [0.1, 0.15) is 29.5 Å². The van der Waals surface area contributed by atoms with Gasteiger partial charge in [-0.1, -0.05) is 6.92 Å². The summed E-state index contributed by atoms with van der Waals surface area (Å²) in [4.78, 5) is 15.7. The fourth-order valence-corrected chi connectivity index (χ4v) is 1.71. The second-order valence-electron chi connectivity index (χ2n) is 4.36. The predicted octanol–water partition coefficient (Wildman–Crippen LogP) is 1.83. The normalized spacial score (nSPS) is 10.4. The molecular formula is C13H15F2N5O. The second kappa shape index (κ2) is 6.78. The number of nitrogens with one attached hydrogen (secondary N) is 3. The molecular weight excluding hydrogens is 280 g/mol. The Morgan fingerprint density at radius 2 is 2.05 bits per heavy atom. The Bertz CT molecular complexity index is 592. The van der Waals surface area contributed by atoms with Gasteiger partial charge in [-0.3, -0.25) is 9.89 Å². The Balaban J connectivity index is 2.07. The van der Waals surface area contributed by atoms with Crippen LogP contribution in [0.25, 0.3) is 0 Å². The molecule has 0 radical (unpaired) electrons. The van der Waals surface area contributed by atoms with Gasteiger partial charge in [0.05, 0.1) is 6.54 Å². The molecule has 1 aromatic carbocycles. The average molecular weight is 295 g/mol. The molecule has 0 aliphatic carbocycles. The first kappa shape index (κ1) is 14.9. The highest BCUT2D eigenvalue weighted by Crippen LogP contribution is 2.20. The summed E-state index contributed by atoms with van der Waals surface area (Å²) in [5.74, 6) is -1.74. The molecule has 0 saturated heterocycles. The molecule has 1 aromatic heterocycles. The number of rotatable bonds is 6. The van der Waals surface area contributed by atoms with E-state index in [1.165, 1.54) is 6.33 Å². The highest BCUT2D eigenvalue weighted by atomic mass is 19.1. The number of carbonyl (C=O) groups excluding carboxylic acids is 1. The molecule has 1 heterocycles. The van der Waals surface area contributed by atoms with E-state index in [0.717, 1.165) is 18.6 Å². The van der Waals surface area contributed by atoms with Gasteiger partial charge in [0.1, 0.15) is 29.5 Å². The summed E-state index contributed by atoms with van der Waals surface area (Å²) in [6.07, 6.45) is 2.04. The molecule has 1 amide bonds. The van der Waals surface area contributed by atoms with Crippen molar-refractivity contribution in [2.24, 2.45) is 0 Å². The van der Waals surface area contributed by atoms with Gasteiger partial charge in [-0.05, 0) is 18.6 Å². The van der Waals surface area contributed by atoms with Gasteiger partial charge in [0, 0.05) is 12.1 Å². The van der Waals surface area contributed by atoms with Crippen LogP contribution in [0.3, 0.4) is 0 Å². The number of aromatic nitrogens is 3. The van der Waals surface area contributed by atoms with Crippen molar-refractivity contribution in [2.75, 3.05) is 11.9 Å². The summed E-state index contributed by atoms with van der Waals surface area (Å²) in [6.45, 7) is 2.43. The van der Waals surface area contributed by atoms with Crippen LogP contribution in [0.5, 0.6) is 0 Å². The summed E-state index contributed by atoms with van der Waals surface area (Å²) in [5, 5.41) is 11.3. The molecule has 8 heteroatoms. The van der Waals surface area contributed by atoms with Crippen molar-refractivity contribution >= 4 is 11.6 Å². The molecule has 3 N–H and O–H groups in total. The van der Waals surface area contributed by atoms with Crippen molar-refractivity contribution in [3.63, 3.8) is 0 Å². The Hall–Kier alpha value is -2.51. The highest BCUT2D eigenvalue weighted by Gasteiger charge is 2.15. The third kappa shape index (κ3) is 3.74. The van der Waals surface area contributed by atoms with E-state index >= 15 is 0 Å². The van der Waals surface area contributed by atoms with Crippen LogP contribution in [-0.4, -0.2) is 27.6 Å². The van der Waals surface area contributed by atoms with E-state index in [4.69, 9.17) is 0 Å². The third-order valence-electron chi connectivity index (χ3n) is 2.74. The number of H-pyrrole nitrogens is 1. The zero-order valence-corrected chi connectivity index (χ0v) is 11.4. The van der Waals surface area contributed by atoms with Crippen molar-refractivity contribution < 1.29 is 13.6 Å². The van der Waals surface area contributed by atoms with Crippen LogP contribution in [-0.2, 0) is 6.54 Å². The Morgan fingerprint density at radius 1 is 1.33 bits per heavy atom. The second-order valence-corrected chi connectivity index (χ2v) is 4.36. The maximum Gasteiger partial charge on any atom is 0.251 e. The Labute approximate surface area is 120 Å². The lowest BCUT2D eigenvalue weighted by Gasteiger charge is -2.10.